The third kappa shape index (κ3) is 3.74. The molecule has 0 heterocycles. The first kappa shape index (κ1) is 12.9. The Morgan fingerprint density at radius 2 is 2.29 bits per heavy atom. The predicted molar refractivity (Wildman–Crippen MR) is 60.8 cm³/mol. The molecule has 0 radical (unpaired) electrons. The predicted octanol–water partition coefficient (Wildman–Crippen LogP) is 3.38. The van der Waals surface area contributed by atoms with Crippen molar-refractivity contribution < 1.29 is 0 Å². The van der Waals surface area contributed by atoms with E-state index < -0.39 is 0 Å². The largest absolute Gasteiger partial charge is 0.150 e. The van der Waals surface area contributed by atoms with Crippen LogP contribution in [0.5, 0.6) is 0 Å². The first-order valence-electron chi connectivity index (χ1n) is 5.09. The maximum atomic E-state index is 10.7. The summed E-state index contributed by atoms with van der Waals surface area (Å²) in [5, 5.41) is 3.13. The highest BCUT2D eigenvalue weighted by molar-refractivity contribution is 4.96. The van der Waals surface area contributed by atoms with E-state index in [1.165, 1.54) is 0 Å². The second kappa shape index (κ2) is 7.32. The zero-order valence-corrected chi connectivity index (χ0v) is 9.07. The Kier molecular flexibility index (Phi) is 6.74. The lowest BCUT2D eigenvalue weighted by molar-refractivity contribution is 0.323. The van der Waals surface area contributed by atoms with Gasteiger partial charge in [0.2, 0.25) is 0 Å². The minimum Gasteiger partial charge on any atom is -0.150 e. The fourth-order valence-corrected chi connectivity index (χ4v) is 1.70. The average molecular weight is 193 g/mol. The molecule has 0 rings (SSSR count). The van der Waals surface area contributed by atoms with Crippen molar-refractivity contribution >= 4 is 0 Å². The van der Waals surface area contributed by atoms with Crippen LogP contribution in [0.3, 0.4) is 0 Å². The van der Waals surface area contributed by atoms with Crippen LogP contribution < -0.4 is 0 Å². The highest BCUT2D eigenvalue weighted by atomic mass is 16.3. The summed E-state index contributed by atoms with van der Waals surface area (Å²) in [5.41, 5.74) is 0. The number of hydrogen-bond acceptors (Lipinski definition) is 2. The first-order chi connectivity index (χ1) is 6.71. The van der Waals surface area contributed by atoms with E-state index in [2.05, 4.69) is 31.5 Å². The Bertz CT molecular complexity index is 217. The first-order valence-corrected chi connectivity index (χ1v) is 5.09. The topological polar surface area (TPSA) is 29.4 Å². The molecule has 0 saturated carbocycles. The molecule has 0 aliphatic carbocycles. The van der Waals surface area contributed by atoms with Crippen LogP contribution in [-0.2, 0) is 0 Å². The van der Waals surface area contributed by atoms with E-state index in [4.69, 9.17) is 6.42 Å². The van der Waals surface area contributed by atoms with Gasteiger partial charge in [0.05, 0.1) is 0 Å². The van der Waals surface area contributed by atoms with Gasteiger partial charge < -0.3 is 0 Å². The lowest BCUT2D eigenvalue weighted by Gasteiger charge is -2.24. The van der Waals surface area contributed by atoms with Gasteiger partial charge in [0.25, 0.3) is 0 Å². The molecule has 78 valence electrons. The number of allylic oxidation sites excluding steroid dienone is 1. The number of terminal acetylenes is 1. The highest BCUT2D eigenvalue weighted by Crippen LogP contribution is 2.26. The minimum atomic E-state index is -0.257. The van der Waals surface area contributed by atoms with Gasteiger partial charge in [0.15, 0.2) is 0 Å². The van der Waals surface area contributed by atoms with Crippen molar-refractivity contribution in [3.05, 3.63) is 17.6 Å². The molecule has 0 fully saturated rings. The highest BCUT2D eigenvalue weighted by Gasteiger charge is 2.24. The van der Waals surface area contributed by atoms with E-state index in [0.717, 1.165) is 12.8 Å². The number of rotatable bonds is 7. The molecule has 0 saturated heterocycles. The van der Waals surface area contributed by atoms with Gasteiger partial charge in [0.1, 0.15) is 6.04 Å². The molecule has 0 N–H and O–H groups in total. The Balaban J connectivity index is 4.50. The summed E-state index contributed by atoms with van der Waals surface area (Å²) >= 11 is 0. The van der Waals surface area contributed by atoms with Gasteiger partial charge in [-0.25, -0.2) is 0 Å². The minimum absolute atomic E-state index is 0.242. The van der Waals surface area contributed by atoms with Crippen molar-refractivity contribution in [1.82, 2.24) is 0 Å². The average Bonchev–Trinajstić information content (AvgIpc) is 2.22. The second-order valence-electron chi connectivity index (χ2n) is 3.63. The van der Waals surface area contributed by atoms with E-state index >= 15 is 0 Å². The van der Waals surface area contributed by atoms with Crippen LogP contribution in [0.15, 0.2) is 17.8 Å². The Morgan fingerprint density at radius 1 is 1.64 bits per heavy atom. The van der Waals surface area contributed by atoms with Crippen molar-refractivity contribution in [3.8, 4) is 12.3 Å². The molecule has 2 nitrogen and oxygen atoms in total. The van der Waals surface area contributed by atoms with Crippen LogP contribution >= 0.6 is 0 Å². The van der Waals surface area contributed by atoms with Crippen LogP contribution in [0.4, 0.5) is 0 Å². The number of hydrogen-bond donors (Lipinski definition) is 0. The Labute approximate surface area is 86.8 Å². The fraction of sp³-hybridized carbons (Fsp3) is 0.667. The molecule has 3 atom stereocenters. The van der Waals surface area contributed by atoms with Gasteiger partial charge >= 0.3 is 0 Å². The van der Waals surface area contributed by atoms with Crippen molar-refractivity contribution in [2.75, 3.05) is 0 Å². The molecular formula is C12H19NO. The maximum absolute atomic E-state index is 10.7. The van der Waals surface area contributed by atoms with Crippen LogP contribution in [0.25, 0.3) is 0 Å². The van der Waals surface area contributed by atoms with Gasteiger partial charge in [-0.15, -0.1) is 18.9 Å². The Hall–Kier alpha value is -1.10. The monoisotopic (exact) mass is 193 g/mol. The Morgan fingerprint density at radius 3 is 2.64 bits per heavy atom. The second-order valence-corrected chi connectivity index (χ2v) is 3.63. The molecule has 0 aromatic rings. The van der Waals surface area contributed by atoms with Crippen LogP contribution in [0.2, 0.25) is 0 Å². The molecule has 0 aromatic heterocycles. The van der Waals surface area contributed by atoms with Crippen LogP contribution in [-0.4, -0.2) is 6.04 Å². The lowest BCUT2D eigenvalue weighted by Crippen LogP contribution is -2.23. The smallest absolute Gasteiger partial charge is 0.106 e. The number of nitroso groups, excluding NO2 is 1. The zero-order valence-electron chi connectivity index (χ0n) is 9.07. The summed E-state index contributed by atoms with van der Waals surface area (Å²) in [5.74, 6) is 3.05. The normalized spacial score (nSPS) is 16.4. The molecule has 0 bridgehead atoms. The third-order valence-electron chi connectivity index (χ3n) is 2.63. The quantitative estimate of drug-likeness (QED) is 0.346. The molecule has 0 amide bonds. The van der Waals surface area contributed by atoms with Gasteiger partial charge in [-0.2, -0.15) is 4.91 Å². The summed E-state index contributed by atoms with van der Waals surface area (Å²) in [6.45, 7) is 7.90. The molecule has 0 aliphatic heterocycles. The van der Waals surface area contributed by atoms with Gasteiger partial charge in [-0.3, -0.25) is 0 Å². The van der Waals surface area contributed by atoms with Crippen LogP contribution in [0, 0.1) is 29.1 Å². The molecule has 2 heteroatoms. The lowest BCUT2D eigenvalue weighted by atomic mass is 9.83. The summed E-state index contributed by atoms with van der Waals surface area (Å²) in [4.78, 5) is 10.7. The van der Waals surface area contributed by atoms with E-state index in [9.17, 15) is 4.91 Å². The van der Waals surface area contributed by atoms with Crippen molar-refractivity contribution in [3.63, 3.8) is 0 Å². The van der Waals surface area contributed by atoms with Gasteiger partial charge in [0, 0.05) is 6.42 Å². The van der Waals surface area contributed by atoms with Gasteiger partial charge in [-0.05, 0) is 18.3 Å². The van der Waals surface area contributed by atoms with Crippen molar-refractivity contribution in [2.45, 2.75) is 39.2 Å². The summed E-state index contributed by atoms with van der Waals surface area (Å²) in [6, 6.07) is -0.257. The van der Waals surface area contributed by atoms with E-state index in [1.54, 1.807) is 0 Å². The molecule has 0 aliphatic rings. The molecular weight excluding hydrogens is 174 g/mol. The fourth-order valence-electron chi connectivity index (χ4n) is 1.70. The van der Waals surface area contributed by atoms with Crippen molar-refractivity contribution in [2.24, 2.45) is 17.0 Å². The molecule has 0 spiro atoms. The summed E-state index contributed by atoms with van der Waals surface area (Å²) < 4.78 is 0. The molecule has 14 heavy (non-hydrogen) atoms. The molecule has 0 aromatic carbocycles. The zero-order chi connectivity index (χ0) is 11.0. The molecule has 0 unspecified atom stereocenters. The number of nitrogens with zero attached hydrogens (tertiary/aromatic N) is 1. The maximum Gasteiger partial charge on any atom is 0.106 e. The van der Waals surface area contributed by atoms with Crippen LogP contribution in [0.1, 0.15) is 33.1 Å². The van der Waals surface area contributed by atoms with E-state index in [-0.39, 0.29) is 12.0 Å². The van der Waals surface area contributed by atoms with E-state index in [1.807, 2.05) is 6.08 Å². The SMILES string of the molecule is C#CC[C@@H](N=O)[C@H](CCC)[C@H](C)C=C. The summed E-state index contributed by atoms with van der Waals surface area (Å²) in [7, 11) is 0. The summed E-state index contributed by atoms with van der Waals surface area (Å²) in [6.07, 6.45) is 9.53. The standard InChI is InChI=1S/C12H19NO/c1-5-8-11(10(4)7-3)12(13-14)9-6-2/h2,7,10-12H,3,5,8-9H2,1,4H3/t10-,11-,12-/m1/s1. The van der Waals surface area contributed by atoms with Crippen molar-refractivity contribution in [1.29, 1.82) is 0 Å². The van der Waals surface area contributed by atoms with E-state index in [0.29, 0.717) is 12.3 Å². The van der Waals surface area contributed by atoms with Gasteiger partial charge in [-0.1, -0.05) is 31.5 Å². The third-order valence-corrected chi connectivity index (χ3v) is 2.63.